The lowest BCUT2D eigenvalue weighted by molar-refractivity contribution is -0.121. The van der Waals surface area contributed by atoms with Crippen molar-refractivity contribution in [2.45, 2.75) is 23.8 Å². The van der Waals surface area contributed by atoms with Crippen LogP contribution in [0.4, 0.5) is 0 Å². The highest BCUT2D eigenvalue weighted by Gasteiger charge is 2.14. The van der Waals surface area contributed by atoms with Gasteiger partial charge >= 0.3 is 0 Å². The fraction of sp³-hybridized carbons (Fsp3) is 0.250. The van der Waals surface area contributed by atoms with E-state index < -0.39 is 15.9 Å². The molecule has 1 unspecified atom stereocenters. The van der Waals surface area contributed by atoms with Gasteiger partial charge in [-0.05, 0) is 48.4 Å². The summed E-state index contributed by atoms with van der Waals surface area (Å²) in [5.41, 5.74) is 0.879. The van der Waals surface area contributed by atoms with E-state index >= 15 is 0 Å². The van der Waals surface area contributed by atoms with Gasteiger partial charge in [-0.2, -0.15) is 0 Å². The minimum Gasteiger partial charge on any atom is -0.464 e. The molecular weight excluding hydrogens is 398 g/mol. The Kier molecular flexibility index (Phi) is 6.33. The lowest BCUT2D eigenvalue weighted by Crippen LogP contribution is -2.28. The molecule has 0 bridgehead atoms. The van der Waals surface area contributed by atoms with Crippen molar-refractivity contribution in [3.63, 3.8) is 0 Å². The second-order valence-corrected chi connectivity index (χ2v) is 9.55. The number of rotatable bonds is 8. The van der Waals surface area contributed by atoms with Gasteiger partial charge in [-0.1, -0.05) is 12.1 Å². The summed E-state index contributed by atoms with van der Waals surface area (Å²) >= 11 is 1.42. The van der Waals surface area contributed by atoms with Crippen LogP contribution >= 0.6 is 11.3 Å². The van der Waals surface area contributed by atoms with Gasteiger partial charge in [0.2, 0.25) is 5.91 Å². The van der Waals surface area contributed by atoms with Crippen molar-refractivity contribution in [1.29, 1.82) is 0 Å². The van der Waals surface area contributed by atoms with Crippen LogP contribution < -0.4 is 5.32 Å². The molecule has 0 fully saturated rings. The van der Waals surface area contributed by atoms with Crippen LogP contribution in [0.5, 0.6) is 0 Å². The SMILES string of the molecule is CS(=O)(=O)c1ccc(CCC(=O)NCC(O)c2ccc(-c3ccco3)s2)cc1. The van der Waals surface area contributed by atoms with Crippen molar-refractivity contribution in [2.24, 2.45) is 0 Å². The number of aryl methyl sites for hydroxylation is 1. The number of aliphatic hydroxyl groups excluding tert-OH is 1. The molecule has 0 spiro atoms. The summed E-state index contributed by atoms with van der Waals surface area (Å²) in [6.45, 7) is 0.129. The van der Waals surface area contributed by atoms with Crippen LogP contribution in [0.3, 0.4) is 0 Å². The monoisotopic (exact) mass is 419 g/mol. The van der Waals surface area contributed by atoms with Gasteiger partial charge in [0.1, 0.15) is 11.9 Å². The zero-order valence-electron chi connectivity index (χ0n) is 15.3. The Morgan fingerprint density at radius 2 is 1.93 bits per heavy atom. The third kappa shape index (κ3) is 5.31. The van der Waals surface area contributed by atoms with Crippen molar-refractivity contribution < 1.29 is 22.7 Å². The van der Waals surface area contributed by atoms with E-state index in [-0.39, 0.29) is 23.8 Å². The predicted molar refractivity (Wildman–Crippen MR) is 108 cm³/mol. The average molecular weight is 420 g/mol. The Balaban J connectivity index is 1.46. The molecule has 8 heteroatoms. The molecule has 0 aliphatic rings. The Morgan fingerprint density at radius 1 is 1.18 bits per heavy atom. The van der Waals surface area contributed by atoms with E-state index in [9.17, 15) is 18.3 Å². The van der Waals surface area contributed by atoms with Crippen LogP contribution in [0.2, 0.25) is 0 Å². The topological polar surface area (TPSA) is 96.6 Å². The van der Waals surface area contributed by atoms with Crippen LogP contribution in [0.15, 0.2) is 64.1 Å². The number of thiophene rings is 1. The predicted octanol–water partition coefficient (Wildman–Crippen LogP) is 3.19. The molecule has 0 radical (unpaired) electrons. The van der Waals surface area contributed by atoms with Crippen molar-refractivity contribution in [3.8, 4) is 10.6 Å². The number of furan rings is 1. The first-order valence-corrected chi connectivity index (χ1v) is 11.4. The van der Waals surface area contributed by atoms with Crippen LogP contribution in [-0.4, -0.2) is 32.2 Å². The summed E-state index contributed by atoms with van der Waals surface area (Å²) in [4.78, 5) is 14.0. The highest BCUT2D eigenvalue weighted by Crippen LogP contribution is 2.31. The van der Waals surface area contributed by atoms with E-state index in [0.29, 0.717) is 6.42 Å². The summed E-state index contributed by atoms with van der Waals surface area (Å²) in [6.07, 6.45) is 2.72. The average Bonchev–Trinajstić information content (AvgIpc) is 3.35. The first-order chi connectivity index (χ1) is 13.3. The van der Waals surface area contributed by atoms with Crippen molar-refractivity contribution in [3.05, 3.63) is 65.2 Å². The lowest BCUT2D eigenvalue weighted by Gasteiger charge is -2.10. The maximum Gasteiger partial charge on any atom is 0.220 e. The minimum atomic E-state index is -3.22. The smallest absolute Gasteiger partial charge is 0.220 e. The van der Waals surface area contributed by atoms with E-state index in [1.165, 1.54) is 11.3 Å². The second kappa shape index (κ2) is 8.72. The molecule has 1 aromatic carbocycles. The summed E-state index contributed by atoms with van der Waals surface area (Å²) in [6, 6.07) is 13.9. The van der Waals surface area contributed by atoms with Crippen molar-refractivity contribution >= 4 is 27.1 Å². The Morgan fingerprint density at radius 3 is 2.57 bits per heavy atom. The van der Waals surface area contributed by atoms with Gasteiger partial charge in [0.25, 0.3) is 0 Å². The van der Waals surface area contributed by atoms with E-state index in [1.807, 2.05) is 18.2 Å². The zero-order valence-corrected chi connectivity index (χ0v) is 16.9. The molecule has 0 aliphatic heterocycles. The van der Waals surface area contributed by atoms with Gasteiger partial charge in [0, 0.05) is 24.1 Å². The number of hydrogen-bond donors (Lipinski definition) is 2. The van der Waals surface area contributed by atoms with Crippen LogP contribution in [0, 0.1) is 0 Å². The van der Waals surface area contributed by atoms with Gasteiger partial charge in [-0.15, -0.1) is 11.3 Å². The molecule has 0 aliphatic carbocycles. The molecule has 0 saturated heterocycles. The number of carbonyl (C=O) groups is 1. The van der Waals surface area contributed by atoms with E-state index in [4.69, 9.17) is 4.42 Å². The maximum atomic E-state index is 12.0. The number of carbonyl (C=O) groups excluding carboxylic acids is 1. The van der Waals surface area contributed by atoms with Crippen LogP contribution in [0.25, 0.3) is 10.6 Å². The van der Waals surface area contributed by atoms with Crippen molar-refractivity contribution in [1.82, 2.24) is 5.32 Å². The normalized spacial score (nSPS) is 12.6. The highest BCUT2D eigenvalue weighted by molar-refractivity contribution is 7.90. The molecular formula is C20H21NO5S2. The van der Waals surface area contributed by atoms with E-state index in [1.54, 1.807) is 36.6 Å². The molecule has 6 nitrogen and oxygen atoms in total. The van der Waals surface area contributed by atoms with Crippen LogP contribution in [-0.2, 0) is 21.1 Å². The maximum absolute atomic E-state index is 12.0. The Bertz CT molecular complexity index is 1020. The van der Waals surface area contributed by atoms with Gasteiger partial charge in [0.15, 0.2) is 9.84 Å². The van der Waals surface area contributed by atoms with E-state index in [2.05, 4.69) is 5.32 Å². The molecule has 2 aromatic heterocycles. The molecule has 3 aromatic rings. The largest absolute Gasteiger partial charge is 0.464 e. The fourth-order valence-corrected chi connectivity index (χ4v) is 4.24. The number of aliphatic hydroxyl groups is 1. The third-order valence-corrected chi connectivity index (χ3v) is 6.53. The van der Waals surface area contributed by atoms with Gasteiger partial charge < -0.3 is 14.8 Å². The molecule has 1 amide bonds. The number of sulfone groups is 1. The first kappa shape index (κ1) is 20.3. The summed E-state index contributed by atoms with van der Waals surface area (Å²) in [7, 11) is -3.22. The summed E-state index contributed by atoms with van der Waals surface area (Å²) < 4.78 is 28.2. The standard InChI is InChI=1S/C20H21NO5S2/c1-28(24,25)15-7-4-14(5-8-15)6-11-20(23)21-13-16(22)18-9-10-19(27-18)17-3-2-12-26-17/h2-5,7-10,12,16,22H,6,11,13H2,1H3,(H,21,23). The summed E-state index contributed by atoms with van der Waals surface area (Å²) in [5.74, 6) is 0.573. The lowest BCUT2D eigenvalue weighted by atomic mass is 10.1. The Hall–Kier alpha value is -2.42. The van der Waals surface area contributed by atoms with Crippen LogP contribution in [0.1, 0.15) is 23.0 Å². The molecule has 0 saturated carbocycles. The zero-order chi connectivity index (χ0) is 20.1. The minimum absolute atomic E-state index is 0.129. The quantitative estimate of drug-likeness (QED) is 0.584. The van der Waals surface area contributed by atoms with E-state index in [0.717, 1.165) is 27.3 Å². The number of benzene rings is 1. The second-order valence-electron chi connectivity index (χ2n) is 6.42. The number of hydrogen-bond acceptors (Lipinski definition) is 6. The third-order valence-electron chi connectivity index (χ3n) is 4.20. The molecule has 2 N–H and O–H groups in total. The van der Waals surface area contributed by atoms with Gasteiger partial charge in [-0.25, -0.2) is 8.42 Å². The van der Waals surface area contributed by atoms with Crippen molar-refractivity contribution in [2.75, 3.05) is 12.8 Å². The highest BCUT2D eigenvalue weighted by atomic mass is 32.2. The van der Waals surface area contributed by atoms with Gasteiger partial charge in [-0.3, -0.25) is 4.79 Å². The Labute approximate surface area is 167 Å². The number of nitrogens with one attached hydrogen (secondary N) is 1. The first-order valence-electron chi connectivity index (χ1n) is 8.70. The molecule has 28 heavy (non-hydrogen) atoms. The molecule has 3 rings (SSSR count). The molecule has 148 valence electrons. The summed E-state index contributed by atoms with van der Waals surface area (Å²) in [5, 5.41) is 13.0. The molecule has 2 heterocycles. The number of amides is 1. The van der Waals surface area contributed by atoms with Gasteiger partial charge in [0.05, 0.1) is 16.0 Å². The molecule has 1 atom stereocenters. The fourth-order valence-electron chi connectivity index (χ4n) is 2.64.